The van der Waals surface area contributed by atoms with Gasteiger partial charge in [0, 0.05) is 19.1 Å². The summed E-state index contributed by atoms with van der Waals surface area (Å²) in [5, 5.41) is 9.11. The van der Waals surface area contributed by atoms with Crippen molar-refractivity contribution in [2.75, 3.05) is 46.9 Å². The van der Waals surface area contributed by atoms with Crippen LogP contribution in [0.3, 0.4) is 0 Å². The third kappa shape index (κ3) is 2.15. The standard InChI is InChI=1S/C11H19N3O/c1-13-4-3-10(5-13)14(2)7-11(6-12)8-15-9-11/h10H,3-5,7-9H2,1-2H3. The maximum Gasteiger partial charge on any atom is 0.116 e. The van der Waals surface area contributed by atoms with Gasteiger partial charge in [0.05, 0.1) is 19.3 Å². The molecule has 0 saturated carbocycles. The van der Waals surface area contributed by atoms with Crippen LogP contribution in [-0.2, 0) is 4.74 Å². The van der Waals surface area contributed by atoms with Crippen LogP contribution in [0.25, 0.3) is 0 Å². The quantitative estimate of drug-likeness (QED) is 0.664. The highest BCUT2D eigenvalue weighted by Gasteiger charge is 2.41. The van der Waals surface area contributed by atoms with E-state index in [1.165, 1.54) is 13.0 Å². The van der Waals surface area contributed by atoms with Crippen molar-refractivity contribution in [1.29, 1.82) is 5.26 Å². The topological polar surface area (TPSA) is 39.5 Å². The molecular weight excluding hydrogens is 190 g/mol. The van der Waals surface area contributed by atoms with E-state index in [-0.39, 0.29) is 5.41 Å². The smallest absolute Gasteiger partial charge is 0.116 e. The van der Waals surface area contributed by atoms with Crippen LogP contribution >= 0.6 is 0 Å². The fraction of sp³-hybridized carbons (Fsp3) is 0.909. The van der Waals surface area contributed by atoms with E-state index in [1.54, 1.807) is 0 Å². The number of likely N-dealkylation sites (tertiary alicyclic amines) is 1. The minimum atomic E-state index is -0.226. The molecule has 2 fully saturated rings. The first kappa shape index (κ1) is 10.9. The van der Waals surface area contributed by atoms with Crippen LogP contribution in [0.15, 0.2) is 0 Å². The molecule has 0 bridgehead atoms. The van der Waals surface area contributed by atoms with Crippen molar-refractivity contribution in [2.45, 2.75) is 12.5 Å². The molecule has 1 unspecified atom stereocenters. The number of nitriles is 1. The highest BCUT2D eigenvalue weighted by molar-refractivity contribution is 5.06. The molecule has 0 radical (unpaired) electrons. The molecule has 2 heterocycles. The normalized spacial score (nSPS) is 30.1. The van der Waals surface area contributed by atoms with Crippen molar-refractivity contribution < 1.29 is 4.74 Å². The van der Waals surface area contributed by atoms with E-state index in [9.17, 15) is 0 Å². The summed E-state index contributed by atoms with van der Waals surface area (Å²) < 4.78 is 5.15. The first-order valence-electron chi connectivity index (χ1n) is 5.53. The monoisotopic (exact) mass is 209 g/mol. The summed E-state index contributed by atoms with van der Waals surface area (Å²) in [5.41, 5.74) is -0.226. The zero-order valence-corrected chi connectivity index (χ0v) is 9.57. The van der Waals surface area contributed by atoms with Crippen molar-refractivity contribution in [3.05, 3.63) is 0 Å². The van der Waals surface area contributed by atoms with E-state index in [4.69, 9.17) is 10.00 Å². The Kier molecular flexibility index (Phi) is 2.96. The van der Waals surface area contributed by atoms with Gasteiger partial charge in [0.1, 0.15) is 5.41 Å². The number of likely N-dealkylation sites (N-methyl/N-ethyl adjacent to an activating group) is 2. The molecule has 0 aromatic carbocycles. The van der Waals surface area contributed by atoms with Gasteiger partial charge in [-0.2, -0.15) is 5.26 Å². The molecular formula is C11H19N3O. The lowest BCUT2D eigenvalue weighted by Crippen LogP contribution is -2.51. The molecule has 84 valence electrons. The van der Waals surface area contributed by atoms with Gasteiger partial charge in [0.2, 0.25) is 0 Å². The van der Waals surface area contributed by atoms with Crippen molar-refractivity contribution in [2.24, 2.45) is 5.41 Å². The third-order valence-corrected chi connectivity index (χ3v) is 3.54. The molecule has 0 spiro atoms. The summed E-state index contributed by atoms with van der Waals surface area (Å²) in [6.07, 6.45) is 1.22. The Morgan fingerprint density at radius 1 is 1.60 bits per heavy atom. The van der Waals surface area contributed by atoms with Gasteiger partial charge >= 0.3 is 0 Å². The Bertz CT molecular complexity index is 269. The minimum Gasteiger partial charge on any atom is -0.378 e. The van der Waals surface area contributed by atoms with Crippen LogP contribution < -0.4 is 0 Å². The lowest BCUT2D eigenvalue weighted by Gasteiger charge is -2.39. The predicted molar refractivity (Wildman–Crippen MR) is 57.4 cm³/mol. The third-order valence-electron chi connectivity index (χ3n) is 3.54. The molecule has 2 aliphatic rings. The molecule has 0 amide bonds. The van der Waals surface area contributed by atoms with E-state index < -0.39 is 0 Å². The summed E-state index contributed by atoms with van der Waals surface area (Å²) in [5.74, 6) is 0. The Morgan fingerprint density at radius 2 is 2.33 bits per heavy atom. The summed E-state index contributed by atoms with van der Waals surface area (Å²) in [4.78, 5) is 4.67. The Morgan fingerprint density at radius 3 is 2.73 bits per heavy atom. The molecule has 0 N–H and O–H groups in total. The highest BCUT2D eigenvalue weighted by Crippen LogP contribution is 2.28. The van der Waals surface area contributed by atoms with Crippen molar-refractivity contribution in [3.8, 4) is 6.07 Å². The van der Waals surface area contributed by atoms with Gasteiger partial charge in [-0.15, -0.1) is 0 Å². The number of ether oxygens (including phenoxy) is 1. The molecule has 1 atom stereocenters. The van der Waals surface area contributed by atoms with Crippen LogP contribution in [0.5, 0.6) is 0 Å². The lowest BCUT2D eigenvalue weighted by atomic mass is 9.87. The lowest BCUT2D eigenvalue weighted by molar-refractivity contribution is -0.0921. The van der Waals surface area contributed by atoms with Crippen LogP contribution in [0.1, 0.15) is 6.42 Å². The van der Waals surface area contributed by atoms with E-state index >= 15 is 0 Å². The van der Waals surface area contributed by atoms with Crippen LogP contribution in [0.2, 0.25) is 0 Å². The summed E-state index contributed by atoms with van der Waals surface area (Å²) >= 11 is 0. The number of rotatable bonds is 3. The van der Waals surface area contributed by atoms with Gasteiger partial charge in [-0.3, -0.25) is 0 Å². The Labute approximate surface area is 91.4 Å². The van der Waals surface area contributed by atoms with Crippen molar-refractivity contribution in [3.63, 3.8) is 0 Å². The SMILES string of the molecule is CN1CCC(N(C)CC2(C#N)COC2)C1. The van der Waals surface area contributed by atoms with Gasteiger partial charge in [-0.25, -0.2) is 0 Å². The second-order valence-corrected chi connectivity index (χ2v) is 5.00. The van der Waals surface area contributed by atoms with Gasteiger partial charge in [-0.05, 0) is 27.1 Å². The number of hydrogen-bond acceptors (Lipinski definition) is 4. The zero-order valence-electron chi connectivity index (χ0n) is 9.57. The summed E-state index contributed by atoms with van der Waals surface area (Å²) in [6, 6.07) is 3.01. The molecule has 2 aliphatic heterocycles. The van der Waals surface area contributed by atoms with Crippen molar-refractivity contribution >= 4 is 0 Å². The second kappa shape index (κ2) is 4.09. The van der Waals surface area contributed by atoms with Crippen LogP contribution in [0, 0.1) is 16.7 Å². The first-order valence-corrected chi connectivity index (χ1v) is 5.53. The molecule has 0 aliphatic carbocycles. The van der Waals surface area contributed by atoms with E-state index in [1.807, 2.05) is 0 Å². The molecule has 2 saturated heterocycles. The van der Waals surface area contributed by atoms with Crippen LogP contribution in [-0.4, -0.2) is 62.8 Å². The minimum absolute atomic E-state index is 0.226. The molecule has 15 heavy (non-hydrogen) atoms. The van der Waals surface area contributed by atoms with E-state index in [2.05, 4.69) is 30.0 Å². The molecule has 0 aromatic rings. The van der Waals surface area contributed by atoms with E-state index in [0.717, 1.165) is 13.1 Å². The molecule has 4 nitrogen and oxygen atoms in total. The second-order valence-electron chi connectivity index (χ2n) is 5.00. The molecule has 2 rings (SSSR count). The maximum atomic E-state index is 9.11. The first-order chi connectivity index (χ1) is 7.15. The average Bonchev–Trinajstić information content (AvgIpc) is 2.58. The highest BCUT2D eigenvalue weighted by atomic mass is 16.5. The maximum absolute atomic E-state index is 9.11. The largest absolute Gasteiger partial charge is 0.378 e. The summed E-state index contributed by atoms with van der Waals surface area (Å²) in [7, 11) is 4.28. The fourth-order valence-electron chi connectivity index (χ4n) is 2.42. The van der Waals surface area contributed by atoms with Crippen LogP contribution in [0.4, 0.5) is 0 Å². The fourth-order valence-corrected chi connectivity index (χ4v) is 2.42. The number of hydrogen-bond donors (Lipinski definition) is 0. The molecule has 4 heteroatoms. The van der Waals surface area contributed by atoms with Gasteiger partial charge < -0.3 is 14.5 Å². The number of nitrogens with zero attached hydrogens (tertiary/aromatic N) is 3. The summed E-state index contributed by atoms with van der Waals surface area (Å²) in [6.45, 7) is 4.36. The van der Waals surface area contributed by atoms with Gasteiger partial charge in [0.25, 0.3) is 0 Å². The van der Waals surface area contributed by atoms with Gasteiger partial charge in [-0.1, -0.05) is 0 Å². The van der Waals surface area contributed by atoms with E-state index in [0.29, 0.717) is 19.3 Å². The molecule has 0 aromatic heterocycles. The zero-order chi connectivity index (χ0) is 10.9. The Balaban J connectivity index is 1.86. The van der Waals surface area contributed by atoms with Crippen molar-refractivity contribution in [1.82, 2.24) is 9.80 Å². The van der Waals surface area contributed by atoms with Gasteiger partial charge in [0.15, 0.2) is 0 Å². The average molecular weight is 209 g/mol. The Hall–Kier alpha value is -0.630. The predicted octanol–water partition coefficient (Wildman–Crippen LogP) is 0.162.